The van der Waals surface area contributed by atoms with Gasteiger partial charge in [-0.2, -0.15) is 0 Å². The molecular formula is C11H20O3. The van der Waals surface area contributed by atoms with Crippen molar-refractivity contribution >= 4 is 6.29 Å². The van der Waals surface area contributed by atoms with E-state index in [1.165, 1.54) is 0 Å². The number of hydrogen-bond donors (Lipinski definition) is 0. The van der Waals surface area contributed by atoms with Gasteiger partial charge in [-0.15, -0.1) is 0 Å². The predicted molar refractivity (Wildman–Crippen MR) is 54.0 cm³/mol. The highest BCUT2D eigenvalue weighted by atomic mass is 16.7. The van der Waals surface area contributed by atoms with E-state index in [2.05, 4.69) is 0 Å². The van der Waals surface area contributed by atoms with Gasteiger partial charge in [0.15, 0.2) is 5.79 Å². The summed E-state index contributed by atoms with van der Waals surface area (Å²) < 4.78 is 11.2. The molecule has 14 heavy (non-hydrogen) atoms. The van der Waals surface area contributed by atoms with Gasteiger partial charge >= 0.3 is 0 Å². The highest BCUT2D eigenvalue weighted by Crippen LogP contribution is 2.34. The molecule has 0 spiro atoms. The van der Waals surface area contributed by atoms with Crippen molar-refractivity contribution in [3.05, 3.63) is 0 Å². The number of aldehydes is 1. The molecule has 1 rings (SSSR count). The maximum atomic E-state index is 11.0. The second kappa shape index (κ2) is 3.99. The number of hydrogen-bond acceptors (Lipinski definition) is 3. The summed E-state index contributed by atoms with van der Waals surface area (Å²) in [5.41, 5.74) is -0.374. The van der Waals surface area contributed by atoms with E-state index >= 15 is 0 Å². The van der Waals surface area contributed by atoms with Crippen molar-refractivity contribution < 1.29 is 14.3 Å². The molecule has 3 heteroatoms. The van der Waals surface area contributed by atoms with Gasteiger partial charge in [0.2, 0.25) is 0 Å². The zero-order valence-corrected chi connectivity index (χ0v) is 9.50. The Balaban J connectivity index is 2.72. The Labute approximate surface area is 85.8 Å². The summed E-state index contributed by atoms with van der Waals surface area (Å²) in [5, 5.41) is 0. The third-order valence-electron chi connectivity index (χ3n) is 3.02. The van der Waals surface area contributed by atoms with Gasteiger partial charge in [0, 0.05) is 5.41 Å². The van der Waals surface area contributed by atoms with Crippen LogP contribution in [-0.4, -0.2) is 24.8 Å². The molecular weight excluding hydrogens is 180 g/mol. The van der Waals surface area contributed by atoms with Crippen LogP contribution in [0.3, 0.4) is 0 Å². The fraction of sp³-hybridized carbons (Fsp3) is 0.909. The lowest BCUT2D eigenvalue weighted by molar-refractivity contribution is -0.289. The molecule has 1 fully saturated rings. The van der Waals surface area contributed by atoms with E-state index in [1.54, 1.807) is 0 Å². The highest BCUT2D eigenvalue weighted by Gasteiger charge is 2.40. The molecule has 82 valence electrons. The second-order valence-corrected chi connectivity index (χ2v) is 4.62. The summed E-state index contributed by atoms with van der Waals surface area (Å²) in [7, 11) is 0. The molecule has 0 radical (unpaired) electrons. The van der Waals surface area contributed by atoms with E-state index < -0.39 is 5.79 Å². The molecule has 0 aliphatic carbocycles. The van der Waals surface area contributed by atoms with Gasteiger partial charge in [-0.05, 0) is 26.7 Å². The van der Waals surface area contributed by atoms with Gasteiger partial charge in [0.1, 0.15) is 6.29 Å². The number of rotatable bonds is 3. The van der Waals surface area contributed by atoms with E-state index in [9.17, 15) is 4.79 Å². The zero-order valence-electron chi connectivity index (χ0n) is 9.50. The Morgan fingerprint density at radius 1 is 1.57 bits per heavy atom. The van der Waals surface area contributed by atoms with Crippen molar-refractivity contribution in [2.75, 3.05) is 6.61 Å². The van der Waals surface area contributed by atoms with Gasteiger partial charge in [0.25, 0.3) is 0 Å². The summed E-state index contributed by atoms with van der Waals surface area (Å²) in [4.78, 5) is 11.0. The summed E-state index contributed by atoms with van der Waals surface area (Å²) in [5.74, 6) is -0.553. The first-order valence-corrected chi connectivity index (χ1v) is 5.21. The SMILES string of the molecule is CCC(C)(C=O)[C@@H]1CCOC(C)(C)O1. The quantitative estimate of drug-likeness (QED) is 0.655. The van der Waals surface area contributed by atoms with Crippen molar-refractivity contribution in [3.8, 4) is 0 Å². The molecule has 1 aliphatic heterocycles. The van der Waals surface area contributed by atoms with Crippen LogP contribution in [0.25, 0.3) is 0 Å². The maximum Gasteiger partial charge on any atom is 0.163 e. The first-order chi connectivity index (χ1) is 6.43. The molecule has 1 unspecified atom stereocenters. The molecule has 0 N–H and O–H groups in total. The molecule has 1 aliphatic rings. The topological polar surface area (TPSA) is 35.5 Å². The van der Waals surface area contributed by atoms with E-state index in [0.29, 0.717) is 6.61 Å². The van der Waals surface area contributed by atoms with Crippen molar-refractivity contribution in [2.45, 2.75) is 52.4 Å². The normalized spacial score (nSPS) is 30.7. The second-order valence-electron chi connectivity index (χ2n) is 4.62. The van der Waals surface area contributed by atoms with E-state index in [1.807, 2.05) is 27.7 Å². The molecule has 0 aromatic rings. The van der Waals surface area contributed by atoms with Crippen LogP contribution in [-0.2, 0) is 14.3 Å². The molecule has 1 saturated heterocycles. The van der Waals surface area contributed by atoms with Gasteiger partial charge in [-0.25, -0.2) is 0 Å². The molecule has 0 aromatic carbocycles. The van der Waals surface area contributed by atoms with Crippen LogP contribution in [0.5, 0.6) is 0 Å². The lowest BCUT2D eigenvalue weighted by Crippen LogP contribution is -2.47. The molecule has 0 bridgehead atoms. The monoisotopic (exact) mass is 200 g/mol. The first kappa shape index (κ1) is 11.7. The fourth-order valence-corrected chi connectivity index (χ4v) is 1.70. The smallest absolute Gasteiger partial charge is 0.163 e. The Kier molecular flexibility index (Phi) is 3.32. The molecule has 0 amide bonds. The lowest BCUT2D eigenvalue weighted by atomic mass is 9.81. The lowest BCUT2D eigenvalue weighted by Gasteiger charge is -2.42. The number of carbonyl (C=O) groups excluding carboxylic acids is 1. The number of ether oxygens (including phenoxy) is 2. The van der Waals surface area contributed by atoms with Crippen LogP contribution in [0.2, 0.25) is 0 Å². The van der Waals surface area contributed by atoms with Crippen LogP contribution in [0, 0.1) is 5.41 Å². The molecule has 2 atom stereocenters. The van der Waals surface area contributed by atoms with E-state index in [0.717, 1.165) is 19.1 Å². The average Bonchev–Trinajstić information content (AvgIpc) is 2.15. The Morgan fingerprint density at radius 3 is 2.64 bits per heavy atom. The Bertz CT molecular complexity index is 213. The molecule has 0 aromatic heterocycles. The van der Waals surface area contributed by atoms with Gasteiger partial charge in [-0.3, -0.25) is 0 Å². The van der Waals surface area contributed by atoms with Gasteiger partial charge < -0.3 is 14.3 Å². The zero-order chi connectivity index (χ0) is 10.8. The minimum Gasteiger partial charge on any atom is -0.350 e. The summed E-state index contributed by atoms with van der Waals surface area (Å²) in [6.07, 6.45) is 2.59. The van der Waals surface area contributed by atoms with Crippen LogP contribution >= 0.6 is 0 Å². The standard InChI is InChI=1S/C11H20O3/c1-5-11(4,8-12)9-6-7-13-10(2,3)14-9/h8-9H,5-7H2,1-4H3/t9-,11?/m0/s1. The van der Waals surface area contributed by atoms with Crippen LogP contribution < -0.4 is 0 Å². The Hall–Kier alpha value is -0.410. The third-order valence-corrected chi connectivity index (χ3v) is 3.02. The van der Waals surface area contributed by atoms with Crippen LogP contribution in [0.1, 0.15) is 40.5 Å². The first-order valence-electron chi connectivity index (χ1n) is 5.21. The van der Waals surface area contributed by atoms with Crippen molar-refractivity contribution in [1.29, 1.82) is 0 Å². The minimum absolute atomic E-state index is 0.0197. The Morgan fingerprint density at radius 2 is 2.21 bits per heavy atom. The van der Waals surface area contributed by atoms with Crippen molar-refractivity contribution in [1.82, 2.24) is 0 Å². The van der Waals surface area contributed by atoms with Crippen molar-refractivity contribution in [2.24, 2.45) is 5.41 Å². The van der Waals surface area contributed by atoms with Crippen molar-refractivity contribution in [3.63, 3.8) is 0 Å². The third kappa shape index (κ3) is 2.34. The molecule has 0 saturated carbocycles. The summed E-state index contributed by atoms with van der Waals surface area (Å²) in [6, 6.07) is 0. The van der Waals surface area contributed by atoms with Crippen LogP contribution in [0.4, 0.5) is 0 Å². The van der Waals surface area contributed by atoms with Gasteiger partial charge in [0.05, 0.1) is 12.7 Å². The summed E-state index contributed by atoms with van der Waals surface area (Å²) in [6.45, 7) is 8.41. The number of carbonyl (C=O) groups is 1. The predicted octanol–water partition coefficient (Wildman–Crippen LogP) is 2.14. The van der Waals surface area contributed by atoms with Gasteiger partial charge in [-0.1, -0.05) is 13.8 Å². The molecule has 1 heterocycles. The van der Waals surface area contributed by atoms with E-state index in [-0.39, 0.29) is 11.5 Å². The highest BCUT2D eigenvalue weighted by molar-refractivity contribution is 5.59. The van der Waals surface area contributed by atoms with Crippen LogP contribution in [0.15, 0.2) is 0 Å². The largest absolute Gasteiger partial charge is 0.350 e. The summed E-state index contributed by atoms with van der Waals surface area (Å²) >= 11 is 0. The van der Waals surface area contributed by atoms with E-state index in [4.69, 9.17) is 9.47 Å². The average molecular weight is 200 g/mol. The maximum absolute atomic E-state index is 11.0. The minimum atomic E-state index is -0.553. The fourth-order valence-electron chi connectivity index (χ4n) is 1.70. The molecule has 3 nitrogen and oxygen atoms in total.